The molecule has 2 aliphatic heterocycles. The highest BCUT2D eigenvalue weighted by atomic mass is 16.6. The Labute approximate surface area is 113 Å². The number of nitrogens with one attached hydrogen (secondary N) is 1. The lowest BCUT2D eigenvalue weighted by atomic mass is 10.2. The Hall–Kier alpha value is -1.46. The molecule has 0 bridgehead atoms. The smallest absolute Gasteiger partial charge is 0.163 e. The minimum atomic E-state index is -0.349. The maximum absolute atomic E-state index is 9.92. The summed E-state index contributed by atoms with van der Waals surface area (Å²) >= 11 is 0. The van der Waals surface area contributed by atoms with E-state index >= 15 is 0 Å². The van der Waals surface area contributed by atoms with Crippen LogP contribution in [0.5, 0.6) is 11.5 Å². The zero-order valence-corrected chi connectivity index (χ0v) is 11.1. The van der Waals surface area contributed by atoms with E-state index in [9.17, 15) is 5.11 Å². The van der Waals surface area contributed by atoms with Gasteiger partial charge < -0.3 is 24.8 Å². The molecule has 2 unspecified atom stereocenters. The largest absolute Gasteiger partial charge is 0.486 e. The Morgan fingerprint density at radius 3 is 2.84 bits per heavy atom. The first-order valence-corrected chi connectivity index (χ1v) is 6.78. The number of aliphatic hydroxyl groups is 1. The van der Waals surface area contributed by atoms with Crippen LogP contribution in [0.2, 0.25) is 0 Å². The first kappa shape index (κ1) is 12.6. The molecule has 5 heteroatoms. The van der Waals surface area contributed by atoms with Gasteiger partial charge in [0.05, 0.1) is 6.10 Å². The molecular weight excluding hydrogens is 244 g/mol. The van der Waals surface area contributed by atoms with Gasteiger partial charge >= 0.3 is 0 Å². The quantitative estimate of drug-likeness (QED) is 0.778. The molecule has 0 aromatic heterocycles. The third-order valence-electron chi connectivity index (χ3n) is 3.52. The Kier molecular flexibility index (Phi) is 3.48. The summed E-state index contributed by atoms with van der Waals surface area (Å²) in [6.45, 7) is 5.48. The molecule has 2 heterocycles. The van der Waals surface area contributed by atoms with Crippen molar-refractivity contribution in [3.63, 3.8) is 0 Å². The van der Waals surface area contributed by atoms with Crippen LogP contribution in [0.1, 0.15) is 6.92 Å². The average molecular weight is 264 g/mol. The minimum absolute atomic E-state index is 0.349. The van der Waals surface area contributed by atoms with Crippen molar-refractivity contribution in [1.29, 1.82) is 0 Å². The molecule has 0 radical (unpaired) electrons. The van der Waals surface area contributed by atoms with Crippen molar-refractivity contribution in [1.82, 2.24) is 5.32 Å². The zero-order valence-electron chi connectivity index (χ0n) is 11.1. The van der Waals surface area contributed by atoms with Crippen molar-refractivity contribution in [3.05, 3.63) is 18.2 Å². The van der Waals surface area contributed by atoms with Crippen molar-refractivity contribution in [2.75, 3.05) is 37.7 Å². The van der Waals surface area contributed by atoms with Crippen LogP contribution >= 0.6 is 0 Å². The number of nitrogens with zero attached hydrogens (tertiary/aromatic N) is 1. The summed E-state index contributed by atoms with van der Waals surface area (Å²) in [4.78, 5) is 2.19. The molecule has 19 heavy (non-hydrogen) atoms. The highest BCUT2D eigenvalue weighted by molar-refractivity contribution is 5.57. The van der Waals surface area contributed by atoms with E-state index in [1.807, 2.05) is 18.2 Å². The topological polar surface area (TPSA) is 54.0 Å². The fraction of sp³-hybridized carbons (Fsp3) is 0.571. The van der Waals surface area contributed by atoms with Gasteiger partial charge in [0.2, 0.25) is 0 Å². The fourth-order valence-corrected chi connectivity index (χ4v) is 2.57. The fourth-order valence-electron chi connectivity index (χ4n) is 2.57. The molecule has 1 saturated heterocycles. The van der Waals surface area contributed by atoms with Crippen molar-refractivity contribution in [3.8, 4) is 11.5 Å². The maximum atomic E-state index is 9.92. The second-order valence-corrected chi connectivity index (χ2v) is 5.20. The summed E-state index contributed by atoms with van der Waals surface area (Å²) in [6, 6.07) is 6.32. The number of aliphatic hydroxyl groups excluding tert-OH is 1. The predicted octanol–water partition coefficient (Wildman–Crippen LogP) is 0.617. The normalized spacial score (nSPS) is 26.9. The van der Waals surface area contributed by atoms with E-state index in [-0.39, 0.29) is 6.10 Å². The van der Waals surface area contributed by atoms with Crippen LogP contribution in [0, 0.1) is 0 Å². The first-order chi connectivity index (χ1) is 9.22. The van der Waals surface area contributed by atoms with Gasteiger partial charge in [0.15, 0.2) is 11.5 Å². The lowest BCUT2D eigenvalue weighted by Crippen LogP contribution is -2.35. The van der Waals surface area contributed by atoms with Gasteiger partial charge in [-0.3, -0.25) is 0 Å². The Morgan fingerprint density at radius 2 is 2.00 bits per heavy atom. The molecule has 2 N–H and O–H groups in total. The van der Waals surface area contributed by atoms with E-state index in [2.05, 4.69) is 17.1 Å². The summed E-state index contributed by atoms with van der Waals surface area (Å²) < 4.78 is 11.1. The third-order valence-corrected chi connectivity index (χ3v) is 3.52. The number of benzene rings is 1. The number of fused-ring (bicyclic) bond motifs is 1. The monoisotopic (exact) mass is 264 g/mol. The second kappa shape index (κ2) is 5.27. The molecule has 2 aliphatic rings. The van der Waals surface area contributed by atoms with Crippen molar-refractivity contribution in [2.45, 2.75) is 19.1 Å². The minimum Gasteiger partial charge on any atom is -0.486 e. The van der Waals surface area contributed by atoms with Gasteiger partial charge in [-0.15, -0.1) is 0 Å². The van der Waals surface area contributed by atoms with E-state index in [4.69, 9.17) is 9.47 Å². The molecule has 0 amide bonds. The SMILES string of the molecule is CC1CN(c2ccc3c(c2)OCCO3)CC(O)CN1. The molecule has 1 aromatic carbocycles. The van der Waals surface area contributed by atoms with Gasteiger partial charge in [0, 0.05) is 37.4 Å². The summed E-state index contributed by atoms with van der Waals surface area (Å²) in [5.74, 6) is 1.60. The van der Waals surface area contributed by atoms with E-state index in [1.54, 1.807) is 0 Å². The van der Waals surface area contributed by atoms with E-state index in [0.29, 0.717) is 32.3 Å². The highest BCUT2D eigenvalue weighted by Crippen LogP contribution is 2.34. The molecule has 0 saturated carbocycles. The van der Waals surface area contributed by atoms with Crippen LogP contribution in [0.15, 0.2) is 18.2 Å². The number of β-amino-alcohol motifs (C(OH)–C–C–N with tert-alkyl or cyclic N) is 1. The van der Waals surface area contributed by atoms with Crippen molar-refractivity contribution < 1.29 is 14.6 Å². The molecule has 104 valence electrons. The predicted molar refractivity (Wildman–Crippen MR) is 73.1 cm³/mol. The third kappa shape index (κ3) is 2.77. The molecule has 2 atom stereocenters. The van der Waals surface area contributed by atoms with Gasteiger partial charge in [0.25, 0.3) is 0 Å². The first-order valence-electron chi connectivity index (χ1n) is 6.78. The van der Waals surface area contributed by atoms with Gasteiger partial charge in [-0.2, -0.15) is 0 Å². The molecule has 0 spiro atoms. The second-order valence-electron chi connectivity index (χ2n) is 5.20. The lowest BCUT2D eigenvalue weighted by molar-refractivity contribution is 0.171. The molecule has 3 rings (SSSR count). The van der Waals surface area contributed by atoms with E-state index in [1.165, 1.54) is 0 Å². The number of rotatable bonds is 1. The van der Waals surface area contributed by atoms with E-state index < -0.39 is 0 Å². The van der Waals surface area contributed by atoms with Crippen LogP contribution < -0.4 is 19.7 Å². The number of hydrogen-bond donors (Lipinski definition) is 2. The van der Waals surface area contributed by atoms with Crippen LogP contribution in [0.4, 0.5) is 5.69 Å². The highest BCUT2D eigenvalue weighted by Gasteiger charge is 2.21. The molecule has 0 aliphatic carbocycles. The van der Waals surface area contributed by atoms with E-state index in [0.717, 1.165) is 23.7 Å². The van der Waals surface area contributed by atoms with Crippen molar-refractivity contribution >= 4 is 5.69 Å². The van der Waals surface area contributed by atoms with Gasteiger partial charge in [-0.1, -0.05) is 0 Å². The zero-order chi connectivity index (χ0) is 13.2. The molecule has 5 nitrogen and oxygen atoms in total. The molecule has 1 fully saturated rings. The van der Waals surface area contributed by atoms with Crippen LogP contribution in [0.25, 0.3) is 0 Å². The Bertz CT molecular complexity index is 440. The Balaban J connectivity index is 1.83. The van der Waals surface area contributed by atoms with Crippen LogP contribution in [0.3, 0.4) is 0 Å². The number of hydrogen-bond acceptors (Lipinski definition) is 5. The van der Waals surface area contributed by atoms with Crippen LogP contribution in [-0.4, -0.2) is 50.1 Å². The van der Waals surface area contributed by atoms with Gasteiger partial charge in [-0.25, -0.2) is 0 Å². The summed E-state index contributed by atoms with van der Waals surface area (Å²) in [5.41, 5.74) is 1.07. The lowest BCUT2D eigenvalue weighted by Gasteiger charge is -2.27. The summed E-state index contributed by atoms with van der Waals surface area (Å²) in [6.07, 6.45) is -0.349. The molecule has 1 aromatic rings. The van der Waals surface area contributed by atoms with Crippen molar-refractivity contribution in [2.24, 2.45) is 0 Å². The van der Waals surface area contributed by atoms with Gasteiger partial charge in [-0.05, 0) is 19.1 Å². The number of anilines is 1. The average Bonchev–Trinajstić information content (AvgIpc) is 2.60. The summed E-state index contributed by atoms with van der Waals surface area (Å²) in [5, 5.41) is 13.2. The number of ether oxygens (including phenoxy) is 2. The molecular formula is C14H20N2O3. The Morgan fingerprint density at radius 1 is 1.21 bits per heavy atom. The van der Waals surface area contributed by atoms with Crippen LogP contribution in [-0.2, 0) is 0 Å². The maximum Gasteiger partial charge on any atom is 0.163 e. The summed E-state index contributed by atoms with van der Waals surface area (Å²) in [7, 11) is 0. The standard InChI is InChI=1S/C14H20N2O3/c1-10-8-16(9-12(17)7-15-10)11-2-3-13-14(6-11)19-5-4-18-13/h2-3,6,10,12,15,17H,4-5,7-9H2,1H3. The van der Waals surface area contributed by atoms with Gasteiger partial charge in [0.1, 0.15) is 13.2 Å².